The molecular weight excluding hydrogens is 248 g/mol. The van der Waals surface area contributed by atoms with Crippen molar-refractivity contribution in [3.63, 3.8) is 0 Å². The van der Waals surface area contributed by atoms with Crippen LogP contribution in [-0.2, 0) is 4.79 Å². The first-order valence-electron chi connectivity index (χ1n) is 6.04. The van der Waals surface area contributed by atoms with Crippen molar-refractivity contribution in [1.82, 2.24) is 10.6 Å². The SMILES string of the molecule is COc1ccc(C(=O)NC2CCC(=O)NC2)c(O)c1. The average Bonchev–Trinajstić information content (AvgIpc) is 2.41. The number of piperidine rings is 1. The fraction of sp³-hybridized carbons (Fsp3) is 0.385. The molecule has 0 radical (unpaired) electrons. The lowest BCUT2D eigenvalue weighted by molar-refractivity contribution is -0.122. The monoisotopic (exact) mass is 264 g/mol. The van der Waals surface area contributed by atoms with Crippen molar-refractivity contribution in [3.8, 4) is 11.5 Å². The molecule has 1 aromatic rings. The summed E-state index contributed by atoms with van der Waals surface area (Å²) >= 11 is 0. The first-order valence-corrected chi connectivity index (χ1v) is 6.04. The summed E-state index contributed by atoms with van der Waals surface area (Å²) in [5.41, 5.74) is 0.192. The summed E-state index contributed by atoms with van der Waals surface area (Å²) in [5.74, 6) is -0.00484. The number of amides is 2. The lowest BCUT2D eigenvalue weighted by atomic mass is 10.1. The minimum absolute atomic E-state index is 0.00204. The molecule has 1 unspecified atom stereocenters. The van der Waals surface area contributed by atoms with Crippen LogP contribution in [0.3, 0.4) is 0 Å². The smallest absolute Gasteiger partial charge is 0.255 e. The van der Waals surface area contributed by atoms with Gasteiger partial charge in [-0.25, -0.2) is 0 Å². The number of ether oxygens (including phenoxy) is 1. The highest BCUT2D eigenvalue weighted by Gasteiger charge is 2.21. The van der Waals surface area contributed by atoms with Gasteiger partial charge in [0, 0.05) is 25.1 Å². The van der Waals surface area contributed by atoms with Crippen molar-refractivity contribution in [2.75, 3.05) is 13.7 Å². The molecule has 0 aromatic heterocycles. The number of phenolic OH excluding ortho intramolecular Hbond substituents is 1. The van der Waals surface area contributed by atoms with Gasteiger partial charge in [0.05, 0.1) is 12.7 Å². The molecule has 19 heavy (non-hydrogen) atoms. The van der Waals surface area contributed by atoms with E-state index in [0.29, 0.717) is 25.1 Å². The van der Waals surface area contributed by atoms with Gasteiger partial charge >= 0.3 is 0 Å². The van der Waals surface area contributed by atoms with Gasteiger partial charge < -0.3 is 20.5 Å². The van der Waals surface area contributed by atoms with E-state index < -0.39 is 0 Å². The lowest BCUT2D eigenvalue weighted by Crippen LogP contribution is -2.47. The predicted octanol–water partition coefficient (Wildman–Crippen LogP) is 0.409. The zero-order valence-corrected chi connectivity index (χ0v) is 10.6. The fourth-order valence-corrected chi connectivity index (χ4v) is 1.95. The summed E-state index contributed by atoms with van der Waals surface area (Å²) in [6, 6.07) is 4.39. The third-order valence-electron chi connectivity index (χ3n) is 3.05. The summed E-state index contributed by atoms with van der Waals surface area (Å²) in [6.07, 6.45) is 1.01. The summed E-state index contributed by atoms with van der Waals surface area (Å²) in [6.45, 7) is 0.418. The number of benzene rings is 1. The second kappa shape index (κ2) is 5.60. The zero-order chi connectivity index (χ0) is 13.8. The van der Waals surface area contributed by atoms with Crippen LogP contribution in [0.5, 0.6) is 11.5 Å². The van der Waals surface area contributed by atoms with Crippen molar-refractivity contribution < 1.29 is 19.4 Å². The second-order valence-corrected chi connectivity index (χ2v) is 4.40. The Morgan fingerprint density at radius 3 is 2.89 bits per heavy atom. The van der Waals surface area contributed by atoms with Crippen LogP contribution in [0.4, 0.5) is 0 Å². The highest BCUT2D eigenvalue weighted by molar-refractivity contribution is 5.97. The number of carbonyl (C=O) groups excluding carboxylic acids is 2. The topological polar surface area (TPSA) is 87.7 Å². The van der Waals surface area contributed by atoms with Crippen LogP contribution in [-0.4, -0.2) is 36.6 Å². The Morgan fingerprint density at radius 2 is 2.32 bits per heavy atom. The van der Waals surface area contributed by atoms with Gasteiger partial charge in [0.15, 0.2) is 0 Å². The van der Waals surface area contributed by atoms with Crippen molar-refractivity contribution in [2.24, 2.45) is 0 Å². The van der Waals surface area contributed by atoms with Crippen LogP contribution in [0, 0.1) is 0 Å². The maximum atomic E-state index is 12.0. The number of phenols is 1. The van der Waals surface area contributed by atoms with E-state index >= 15 is 0 Å². The van der Waals surface area contributed by atoms with Gasteiger partial charge in [-0.1, -0.05) is 0 Å². The van der Waals surface area contributed by atoms with E-state index in [1.165, 1.54) is 19.2 Å². The molecule has 6 heteroatoms. The number of methoxy groups -OCH3 is 1. The van der Waals surface area contributed by atoms with E-state index in [1.807, 2.05) is 0 Å². The number of nitrogens with one attached hydrogen (secondary N) is 2. The molecular formula is C13H16N2O4. The van der Waals surface area contributed by atoms with E-state index in [4.69, 9.17) is 4.74 Å². The molecule has 0 bridgehead atoms. The molecule has 1 atom stereocenters. The third-order valence-corrected chi connectivity index (χ3v) is 3.05. The van der Waals surface area contributed by atoms with Gasteiger partial charge in [-0.15, -0.1) is 0 Å². The minimum Gasteiger partial charge on any atom is -0.507 e. The van der Waals surface area contributed by atoms with Crippen LogP contribution >= 0.6 is 0 Å². The molecule has 102 valence electrons. The molecule has 1 aliphatic rings. The maximum Gasteiger partial charge on any atom is 0.255 e. The van der Waals surface area contributed by atoms with Gasteiger partial charge in [0.1, 0.15) is 11.5 Å². The summed E-state index contributed by atoms with van der Waals surface area (Å²) in [5, 5.41) is 15.2. The largest absolute Gasteiger partial charge is 0.507 e. The Balaban J connectivity index is 2.01. The number of hydrogen-bond acceptors (Lipinski definition) is 4. The molecule has 1 heterocycles. The van der Waals surface area contributed by atoms with Crippen molar-refractivity contribution >= 4 is 11.8 Å². The Kier molecular flexibility index (Phi) is 3.89. The molecule has 0 spiro atoms. The van der Waals surface area contributed by atoms with E-state index in [9.17, 15) is 14.7 Å². The van der Waals surface area contributed by atoms with Crippen molar-refractivity contribution in [3.05, 3.63) is 23.8 Å². The fourth-order valence-electron chi connectivity index (χ4n) is 1.95. The third kappa shape index (κ3) is 3.15. The van der Waals surface area contributed by atoms with Gasteiger partial charge in [0.25, 0.3) is 5.91 Å². The first-order chi connectivity index (χ1) is 9.10. The van der Waals surface area contributed by atoms with Gasteiger partial charge in [-0.3, -0.25) is 9.59 Å². The van der Waals surface area contributed by atoms with E-state index in [-0.39, 0.29) is 29.2 Å². The van der Waals surface area contributed by atoms with E-state index in [2.05, 4.69) is 10.6 Å². The quantitative estimate of drug-likeness (QED) is 0.738. The Labute approximate surface area is 110 Å². The molecule has 6 nitrogen and oxygen atoms in total. The van der Waals surface area contributed by atoms with Crippen LogP contribution < -0.4 is 15.4 Å². The van der Waals surface area contributed by atoms with Gasteiger partial charge in [-0.05, 0) is 18.6 Å². The number of aromatic hydroxyl groups is 1. The highest BCUT2D eigenvalue weighted by atomic mass is 16.5. The van der Waals surface area contributed by atoms with Gasteiger partial charge in [0.2, 0.25) is 5.91 Å². The molecule has 1 fully saturated rings. The molecule has 2 rings (SSSR count). The lowest BCUT2D eigenvalue weighted by Gasteiger charge is -2.23. The molecule has 1 aromatic carbocycles. The first kappa shape index (κ1) is 13.2. The maximum absolute atomic E-state index is 12.0. The summed E-state index contributed by atoms with van der Waals surface area (Å²) in [7, 11) is 1.49. The van der Waals surface area contributed by atoms with E-state index in [0.717, 1.165) is 0 Å². The van der Waals surface area contributed by atoms with Crippen LogP contribution in [0.25, 0.3) is 0 Å². The van der Waals surface area contributed by atoms with E-state index in [1.54, 1.807) is 6.07 Å². The zero-order valence-electron chi connectivity index (χ0n) is 10.6. The van der Waals surface area contributed by atoms with Crippen molar-refractivity contribution in [2.45, 2.75) is 18.9 Å². The summed E-state index contributed by atoms with van der Waals surface area (Å²) in [4.78, 5) is 23.0. The number of carbonyl (C=O) groups is 2. The number of rotatable bonds is 3. The Morgan fingerprint density at radius 1 is 1.53 bits per heavy atom. The van der Waals surface area contributed by atoms with Crippen molar-refractivity contribution in [1.29, 1.82) is 0 Å². The highest BCUT2D eigenvalue weighted by Crippen LogP contribution is 2.23. The van der Waals surface area contributed by atoms with Crippen LogP contribution in [0.1, 0.15) is 23.2 Å². The molecule has 3 N–H and O–H groups in total. The van der Waals surface area contributed by atoms with Crippen LogP contribution in [0.2, 0.25) is 0 Å². The Bertz CT molecular complexity index is 491. The molecule has 0 aliphatic carbocycles. The Hall–Kier alpha value is -2.24. The molecule has 0 saturated carbocycles. The number of hydrogen-bond donors (Lipinski definition) is 3. The predicted molar refractivity (Wildman–Crippen MR) is 68.2 cm³/mol. The molecule has 1 aliphatic heterocycles. The average molecular weight is 264 g/mol. The molecule has 1 saturated heterocycles. The van der Waals surface area contributed by atoms with Gasteiger partial charge in [-0.2, -0.15) is 0 Å². The normalized spacial score (nSPS) is 18.6. The minimum atomic E-state index is -0.360. The summed E-state index contributed by atoms with van der Waals surface area (Å²) < 4.78 is 4.95. The standard InChI is InChI=1S/C13H16N2O4/c1-19-9-3-4-10(11(16)6-9)13(18)15-8-2-5-12(17)14-7-8/h3-4,6,8,16H,2,5,7H2,1H3,(H,14,17)(H,15,18). The molecule has 2 amide bonds. The second-order valence-electron chi connectivity index (χ2n) is 4.40. The van der Waals surface area contributed by atoms with Crippen LogP contribution in [0.15, 0.2) is 18.2 Å².